The number of fused-ring (bicyclic) bond motifs is 1. The molecule has 1 aromatic carbocycles. The summed E-state index contributed by atoms with van der Waals surface area (Å²) in [7, 11) is 2.52. The molecule has 0 aliphatic heterocycles. The van der Waals surface area contributed by atoms with Gasteiger partial charge in [0.25, 0.3) is 0 Å². The third-order valence-electron chi connectivity index (χ3n) is 4.46. The van der Waals surface area contributed by atoms with Crippen molar-refractivity contribution in [2.45, 2.75) is 19.3 Å². The second-order valence-electron chi connectivity index (χ2n) is 6.00. The molecule has 0 radical (unpaired) electrons. The number of aromatic amines is 1. The minimum atomic E-state index is -0.601. The number of rotatable bonds is 4. The quantitative estimate of drug-likeness (QED) is 0.806. The van der Waals surface area contributed by atoms with Gasteiger partial charge in [0.05, 0.1) is 43.1 Å². The zero-order valence-electron chi connectivity index (χ0n) is 14.5. The van der Waals surface area contributed by atoms with Crippen molar-refractivity contribution in [1.29, 1.82) is 0 Å². The van der Waals surface area contributed by atoms with Crippen molar-refractivity contribution in [2.75, 3.05) is 19.5 Å². The molecule has 1 aromatic heterocycles. The molecule has 26 heavy (non-hydrogen) atoms. The van der Waals surface area contributed by atoms with Crippen LogP contribution in [0.4, 0.5) is 5.69 Å². The fourth-order valence-electron chi connectivity index (χ4n) is 3.04. The molecule has 0 fully saturated rings. The zero-order chi connectivity index (χ0) is 18.7. The lowest BCUT2D eigenvalue weighted by atomic mass is 9.89. The van der Waals surface area contributed by atoms with Crippen LogP contribution in [0.1, 0.15) is 38.5 Å². The molecule has 8 nitrogen and oxygen atoms in total. The van der Waals surface area contributed by atoms with E-state index in [1.807, 2.05) is 0 Å². The Morgan fingerprint density at radius 3 is 2.69 bits per heavy atom. The van der Waals surface area contributed by atoms with E-state index >= 15 is 0 Å². The average Bonchev–Trinajstić information content (AvgIpc) is 3.14. The number of hydrogen-bond donors (Lipinski definition) is 2. The first kappa shape index (κ1) is 17.7. The topological polar surface area (TPSA) is 110 Å². The molecule has 1 atom stereocenters. The highest BCUT2D eigenvalue weighted by Crippen LogP contribution is 2.26. The maximum atomic E-state index is 12.7. The van der Waals surface area contributed by atoms with Gasteiger partial charge < -0.3 is 19.8 Å². The molecule has 2 N–H and O–H groups in total. The third kappa shape index (κ3) is 3.44. The minimum Gasteiger partial charge on any atom is -0.465 e. The maximum absolute atomic E-state index is 12.7. The number of anilines is 1. The van der Waals surface area contributed by atoms with Crippen LogP contribution in [0.3, 0.4) is 0 Å². The molecule has 1 aliphatic rings. The molecule has 1 heterocycles. The average molecular weight is 357 g/mol. The van der Waals surface area contributed by atoms with E-state index in [1.54, 1.807) is 6.33 Å². The van der Waals surface area contributed by atoms with Crippen LogP contribution in [0, 0.1) is 5.92 Å². The van der Waals surface area contributed by atoms with Crippen LogP contribution in [0.15, 0.2) is 24.5 Å². The lowest BCUT2D eigenvalue weighted by Gasteiger charge is -2.21. The highest BCUT2D eigenvalue weighted by Gasteiger charge is 2.27. The summed E-state index contributed by atoms with van der Waals surface area (Å²) in [6.07, 6.45) is 3.54. The first-order chi connectivity index (χ1) is 12.5. The summed E-state index contributed by atoms with van der Waals surface area (Å²) in [6.45, 7) is 0. The first-order valence-electron chi connectivity index (χ1n) is 8.16. The standard InChI is InChI=1S/C18H19N3O5/c1-25-17(23)11-3-5-12(18(24)26-2)14(8-11)21-16(22)10-4-6-13-15(7-10)20-9-19-13/h3,5,8-10H,4,6-7H2,1-2H3,(H,19,20)(H,21,22). The monoisotopic (exact) mass is 357 g/mol. The van der Waals surface area contributed by atoms with Crippen LogP contribution >= 0.6 is 0 Å². The van der Waals surface area contributed by atoms with E-state index in [0.29, 0.717) is 19.3 Å². The number of hydrogen-bond acceptors (Lipinski definition) is 6. The number of nitrogens with one attached hydrogen (secondary N) is 2. The molecule has 136 valence electrons. The smallest absolute Gasteiger partial charge is 0.339 e. The van der Waals surface area contributed by atoms with E-state index in [2.05, 4.69) is 15.3 Å². The van der Waals surface area contributed by atoms with E-state index in [0.717, 1.165) is 11.4 Å². The van der Waals surface area contributed by atoms with Gasteiger partial charge in [-0.3, -0.25) is 4.79 Å². The summed E-state index contributed by atoms with van der Waals surface area (Å²) in [6, 6.07) is 4.30. The van der Waals surface area contributed by atoms with Crippen molar-refractivity contribution in [3.8, 4) is 0 Å². The lowest BCUT2D eigenvalue weighted by molar-refractivity contribution is -0.120. The summed E-state index contributed by atoms with van der Waals surface area (Å²) in [5.74, 6) is -1.64. The van der Waals surface area contributed by atoms with Crippen LogP contribution in [-0.4, -0.2) is 42.0 Å². The Bertz CT molecular complexity index is 858. The van der Waals surface area contributed by atoms with Crippen LogP contribution in [0.5, 0.6) is 0 Å². The Hall–Kier alpha value is -3.16. The Kier molecular flexibility index (Phi) is 5.01. The van der Waals surface area contributed by atoms with Crippen molar-refractivity contribution < 1.29 is 23.9 Å². The number of H-pyrrole nitrogens is 1. The number of nitrogens with zero attached hydrogens (tertiary/aromatic N) is 1. The number of benzene rings is 1. The van der Waals surface area contributed by atoms with Gasteiger partial charge in [-0.15, -0.1) is 0 Å². The fourth-order valence-corrected chi connectivity index (χ4v) is 3.04. The van der Waals surface area contributed by atoms with Gasteiger partial charge in [0, 0.05) is 18.0 Å². The molecular weight excluding hydrogens is 338 g/mol. The molecule has 0 spiro atoms. The van der Waals surface area contributed by atoms with Gasteiger partial charge in [-0.25, -0.2) is 14.6 Å². The highest BCUT2D eigenvalue weighted by atomic mass is 16.5. The van der Waals surface area contributed by atoms with Gasteiger partial charge in [0.2, 0.25) is 5.91 Å². The van der Waals surface area contributed by atoms with Crippen molar-refractivity contribution in [3.63, 3.8) is 0 Å². The van der Waals surface area contributed by atoms with E-state index in [1.165, 1.54) is 32.4 Å². The Morgan fingerprint density at radius 2 is 1.96 bits per heavy atom. The molecule has 1 unspecified atom stereocenters. The second kappa shape index (κ2) is 7.38. The van der Waals surface area contributed by atoms with Crippen LogP contribution in [-0.2, 0) is 27.1 Å². The number of methoxy groups -OCH3 is 2. The van der Waals surface area contributed by atoms with Crippen molar-refractivity contribution in [2.24, 2.45) is 5.92 Å². The minimum absolute atomic E-state index is 0.173. The summed E-state index contributed by atoms with van der Waals surface area (Å²) >= 11 is 0. The predicted octanol–water partition coefficient (Wildman–Crippen LogP) is 1.73. The lowest BCUT2D eigenvalue weighted by Crippen LogP contribution is -2.29. The third-order valence-corrected chi connectivity index (χ3v) is 4.46. The van der Waals surface area contributed by atoms with Crippen molar-refractivity contribution in [1.82, 2.24) is 9.97 Å². The molecule has 0 saturated heterocycles. The molecule has 1 amide bonds. The van der Waals surface area contributed by atoms with E-state index in [9.17, 15) is 14.4 Å². The number of ether oxygens (including phenoxy) is 2. The number of amides is 1. The Morgan fingerprint density at radius 1 is 1.19 bits per heavy atom. The summed E-state index contributed by atoms with van der Waals surface area (Å²) < 4.78 is 9.44. The molecule has 2 aromatic rings. The SMILES string of the molecule is COC(=O)c1ccc(C(=O)OC)c(NC(=O)C2CCc3nc[nH]c3C2)c1. The van der Waals surface area contributed by atoms with Crippen molar-refractivity contribution >= 4 is 23.5 Å². The zero-order valence-corrected chi connectivity index (χ0v) is 14.5. The van der Waals surface area contributed by atoms with Gasteiger partial charge >= 0.3 is 11.9 Å². The van der Waals surface area contributed by atoms with Crippen molar-refractivity contribution in [3.05, 3.63) is 47.0 Å². The van der Waals surface area contributed by atoms with Crippen LogP contribution < -0.4 is 5.32 Å². The van der Waals surface area contributed by atoms with Gasteiger partial charge in [-0.05, 0) is 31.0 Å². The van der Waals surface area contributed by atoms with Gasteiger partial charge in [-0.1, -0.05) is 0 Å². The summed E-state index contributed by atoms with van der Waals surface area (Å²) in [5, 5.41) is 2.76. The normalized spacial score (nSPS) is 15.7. The number of imidazole rings is 1. The maximum Gasteiger partial charge on any atom is 0.339 e. The summed E-state index contributed by atoms with van der Waals surface area (Å²) in [5.41, 5.74) is 2.56. The second-order valence-corrected chi connectivity index (χ2v) is 6.00. The van der Waals surface area contributed by atoms with E-state index in [4.69, 9.17) is 9.47 Å². The van der Waals surface area contributed by atoms with Gasteiger partial charge in [-0.2, -0.15) is 0 Å². The molecule has 0 saturated carbocycles. The largest absolute Gasteiger partial charge is 0.465 e. The molecule has 3 rings (SSSR count). The van der Waals surface area contributed by atoms with E-state index < -0.39 is 11.9 Å². The van der Waals surface area contributed by atoms with E-state index in [-0.39, 0.29) is 28.6 Å². The Balaban J connectivity index is 1.84. The van der Waals surface area contributed by atoms with Crippen LogP contribution in [0.2, 0.25) is 0 Å². The predicted molar refractivity (Wildman–Crippen MR) is 91.9 cm³/mol. The Labute approximate surface area is 149 Å². The number of esters is 2. The van der Waals surface area contributed by atoms with Gasteiger partial charge in [0.1, 0.15) is 0 Å². The number of aromatic nitrogens is 2. The van der Waals surface area contributed by atoms with Gasteiger partial charge in [0.15, 0.2) is 0 Å². The highest BCUT2D eigenvalue weighted by molar-refractivity contribution is 6.04. The number of carbonyl (C=O) groups is 3. The molecule has 8 heteroatoms. The number of aryl methyl sites for hydroxylation is 1. The van der Waals surface area contributed by atoms with Crippen LogP contribution in [0.25, 0.3) is 0 Å². The first-order valence-corrected chi connectivity index (χ1v) is 8.16. The summed E-state index contributed by atoms with van der Waals surface area (Å²) in [4.78, 5) is 43.7. The number of carbonyl (C=O) groups excluding carboxylic acids is 3. The molecular formula is C18H19N3O5. The molecule has 1 aliphatic carbocycles. The molecule has 0 bridgehead atoms. The fraction of sp³-hybridized carbons (Fsp3) is 0.333.